The monoisotopic (exact) mass is 570 g/mol. The predicted octanol–water partition coefficient (Wildman–Crippen LogP) is 6.66. The Morgan fingerprint density at radius 2 is 1.83 bits per heavy atom. The molecule has 1 aromatic heterocycles. The Labute approximate surface area is 243 Å². The van der Waals surface area contributed by atoms with Crippen molar-refractivity contribution < 1.29 is 19.1 Å². The number of rotatable bonds is 6. The molecule has 0 radical (unpaired) electrons. The van der Waals surface area contributed by atoms with E-state index in [4.69, 9.17) is 26.1 Å². The summed E-state index contributed by atoms with van der Waals surface area (Å²) in [6, 6.07) is 16.5. The van der Waals surface area contributed by atoms with Gasteiger partial charge in [-0.2, -0.15) is 0 Å². The first-order valence-corrected chi connectivity index (χ1v) is 14.0. The molecule has 210 valence electrons. The zero-order valence-electron chi connectivity index (χ0n) is 23.8. The van der Waals surface area contributed by atoms with Gasteiger partial charge in [0, 0.05) is 28.4 Å². The topological polar surface area (TPSA) is 85.7 Å². The van der Waals surface area contributed by atoms with Crippen LogP contribution in [0.25, 0.3) is 11.4 Å². The largest absolute Gasteiger partial charge is 0.496 e. The van der Waals surface area contributed by atoms with Crippen molar-refractivity contribution >= 4 is 34.8 Å². The summed E-state index contributed by atoms with van der Waals surface area (Å²) >= 11 is 6.45. The summed E-state index contributed by atoms with van der Waals surface area (Å²) in [5.74, 6) is 1.06. The van der Waals surface area contributed by atoms with Crippen molar-refractivity contribution in [2.75, 3.05) is 23.9 Å². The van der Waals surface area contributed by atoms with Gasteiger partial charge in [0.15, 0.2) is 11.2 Å². The Morgan fingerprint density at radius 1 is 1.05 bits per heavy atom. The van der Waals surface area contributed by atoms with E-state index < -0.39 is 5.54 Å². The molecule has 1 N–H and O–H groups in total. The van der Waals surface area contributed by atoms with Gasteiger partial charge < -0.3 is 19.4 Å². The molecule has 1 unspecified atom stereocenters. The highest BCUT2D eigenvalue weighted by Crippen LogP contribution is 2.55. The van der Waals surface area contributed by atoms with Gasteiger partial charge in [-0.1, -0.05) is 29.8 Å². The maximum Gasteiger partial charge on any atom is 0.280 e. The molecular formula is C32H31ClN4O4. The third-order valence-corrected chi connectivity index (χ3v) is 8.03. The Morgan fingerprint density at radius 3 is 2.54 bits per heavy atom. The molecule has 1 spiro atoms. The number of anilines is 2. The lowest BCUT2D eigenvalue weighted by Crippen LogP contribution is -2.51. The first-order valence-electron chi connectivity index (χ1n) is 13.6. The van der Waals surface area contributed by atoms with Gasteiger partial charge in [0.2, 0.25) is 0 Å². The van der Waals surface area contributed by atoms with E-state index in [1.807, 2.05) is 81.7 Å². The zero-order valence-corrected chi connectivity index (χ0v) is 24.6. The number of carbonyl (C=O) groups excluding carboxylic acids is 2. The van der Waals surface area contributed by atoms with Crippen LogP contribution in [0.15, 0.2) is 54.6 Å². The molecule has 0 bridgehead atoms. The molecule has 1 atom stereocenters. The quantitative estimate of drug-likeness (QED) is 0.280. The maximum absolute atomic E-state index is 14.5. The summed E-state index contributed by atoms with van der Waals surface area (Å²) in [7, 11) is 1.59. The molecule has 6 rings (SSSR count). The zero-order chi connectivity index (χ0) is 29.2. The maximum atomic E-state index is 14.5. The third-order valence-electron chi connectivity index (χ3n) is 7.79. The molecule has 2 aliphatic heterocycles. The molecule has 2 amide bonds. The first-order chi connectivity index (χ1) is 19.6. The summed E-state index contributed by atoms with van der Waals surface area (Å²) in [4.78, 5) is 35.5. The van der Waals surface area contributed by atoms with E-state index in [1.54, 1.807) is 24.1 Å². The second-order valence-corrected chi connectivity index (χ2v) is 11.1. The lowest BCUT2D eigenvalue weighted by atomic mass is 9.86. The number of fused-ring (bicyclic) bond motifs is 4. The Kier molecular flexibility index (Phi) is 6.34. The highest BCUT2D eigenvalue weighted by molar-refractivity contribution is 6.31. The van der Waals surface area contributed by atoms with E-state index in [0.29, 0.717) is 57.1 Å². The molecule has 9 heteroatoms. The number of benzene rings is 3. The highest BCUT2D eigenvalue weighted by atomic mass is 35.5. The number of aromatic nitrogens is 2. The van der Waals surface area contributed by atoms with Gasteiger partial charge in [0.05, 0.1) is 30.7 Å². The van der Waals surface area contributed by atoms with Crippen LogP contribution >= 0.6 is 11.6 Å². The van der Waals surface area contributed by atoms with E-state index in [2.05, 4.69) is 5.32 Å². The first kappa shape index (κ1) is 26.9. The number of hydrogen-bond acceptors (Lipinski definition) is 5. The average Bonchev–Trinajstić information content (AvgIpc) is 3.54. The molecule has 4 aromatic rings. The molecule has 3 heterocycles. The number of imidazole rings is 1. The minimum Gasteiger partial charge on any atom is -0.496 e. The van der Waals surface area contributed by atoms with Crippen LogP contribution in [0.4, 0.5) is 11.4 Å². The number of aryl methyl sites for hydroxylation is 2. The summed E-state index contributed by atoms with van der Waals surface area (Å²) < 4.78 is 13.4. The van der Waals surface area contributed by atoms with E-state index in [0.717, 1.165) is 11.1 Å². The normalized spacial score (nSPS) is 17.3. The second-order valence-electron chi connectivity index (χ2n) is 10.7. The minimum absolute atomic E-state index is 0.162. The molecule has 0 fully saturated rings. The molecule has 8 nitrogen and oxygen atoms in total. The standard InChI is InChI=1S/C32H31ClN4O4/c1-7-41-21-11-12-22(26(16-21)40-6)29-35-27-28(36(29)17(2)3)32(23-13-8-18(4)14-24(23)34-31(32)39)37(30(27)38)25-15-20(33)10-9-19(25)5/h8-17H,7H2,1-6H3,(H,34,39). The number of ether oxygens (including phenoxy) is 2. The fraction of sp³-hybridized carbons (Fsp3) is 0.281. The van der Waals surface area contributed by atoms with Crippen LogP contribution in [0.5, 0.6) is 11.5 Å². The average molecular weight is 571 g/mol. The van der Waals surface area contributed by atoms with Gasteiger partial charge in [-0.3, -0.25) is 14.5 Å². The van der Waals surface area contributed by atoms with Crippen LogP contribution in [-0.4, -0.2) is 35.1 Å². The van der Waals surface area contributed by atoms with Crippen LogP contribution in [0, 0.1) is 13.8 Å². The number of methoxy groups -OCH3 is 1. The fourth-order valence-corrected chi connectivity index (χ4v) is 6.25. The van der Waals surface area contributed by atoms with Crippen LogP contribution in [0.1, 0.15) is 59.7 Å². The molecule has 3 aromatic carbocycles. The molecule has 0 aliphatic carbocycles. The predicted molar refractivity (Wildman–Crippen MR) is 159 cm³/mol. The minimum atomic E-state index is -1.50. The lowest BCUT2D eigenvalue weighted by Gasteiger charge is -2.36. The Bertz CT molecular complexity index is 1740. The SMILES string of the molecule is CCOc1ccc(-c2nc3c(n2C(C)C)C2(C(=O)Nc4cc(C)ccc42)N(c2cc(Cl)ccc2C)C3=O)c(OC)c1. The van der Waals surface area contributed by atoms with Crippen molar-refractivity contribution in [2.45, 2.75) is 46.2 Å². The van der Waals surface area contributed by atoms with Crippen molar-refractivity contribution in [2.24, 2.45) is 0 Å². The fourth-order valence-electron chi connectivity index (χ4n) is 6.08. The molecule has 2 aliphatic rings. The summed E-state index contributed by atoms with van der Waals surface area (Å²) in [5, 5.41) is 3.54. The number of amides is 2. The molecular weight excluding hydrogens is 540 g/mol. The van der Waals surface area contributed by atoms with Gasteiger partial charge >= 0.3 is 0 Å². The lowest BCUT2D eigenvalue weighted by molar-refractivity contribution is -0.119. The van der Waals surface area contributed by atoms with Crippen molar-refractivity contribution in [1.29, 1.82) is 0 Å². The van der Waals surface area contributed by atoms with Crippen molar-refractivity contribution in [3.63, 3.8) is 0 Å². The Hall–Kier alpha value is -4.30. The Balaban J connectivity index is 1.70. The highest BCUT2D eigenvalue weighted by Gasteiger charge is 2.64. The van der Waals surface area contributed by atoms with Gasteiger partial charge in [-0.15, -0.1) is 0 Å². The summed E-state index contributed by atoms with van der Waals surface area (Å²) in [5.41, 5.74) is 3.63. The van der Waals surface area contributed by atoms with Crippen LogP contribution in [0.3, 0.4) is 0 Å². The van der Waals surface area contributed by atoms with E-state index >= 15 is 0 Å². The number of carbonyl (C=O) groups is 2. The second kappa shape index (κ2) is 9.66. The van der Waals surface area contributed by atoms with Crippen LogP contribution in [0.2, 0.25) is 5.02 Å². The third kappa shape index (κ3) is 3.77. The smallest absolute Gasteiger partial charge is 0.280 e. The van der Waals surface area contributed by atoms with Gasteiger partial charge in [-0.05, 0) is 76.1 Å². The van der Waals surface area contributed by atoms with Crippen molar-refractivity contribution in [3.8, 4) is 22.9 Å². The summed E-state index contributed by atoms with van der Waals surface area (Å²) in [6.45, 7) is 10.3. The van der Waals surface area contributed by atoms with Gasteiger partial charge in [-0.25, -0.2) is 4.98 Å². The van der Waals surface area contributed by atoms with Crippen LogP contribution in [-0.2, 0) is 10.3 Å². The van der Waals surface area contributed by atoms with E-state index in [-0.39, 0.29) is 23.6 Å². The summed E-state index contributed by atoms with van der Waals surface area (Å²) in [6.07, 6.45) is 0. The van der Waals surface area contributed by atoms with E-state index in [1.165, 1.54) is 0 Å². The number of hydrogen-bond donors (Lipinski definition) is 1. The van der Waals surface area contributed by atoms with Gasteiger partial charge in [0.1, 0.15) is 17.3 Å². The number of nitrogens with one attached hydrogen (secondary N) is 1. The number of nitrogens with zero attached hydrogens (tertiary/aromatic N) is 3. The molecule has 0 saturated carbocycles. The molecule has 41 heavy (non-hydrogen) atoms. The van der Waals surface area contributed by atoms with Crippen LogP contribution < -0.4 is 19.7 Å². The van der Waals surface area contributed by atoms with Gasteiger partial charge in [0.25, 0.3) is 11.8 Å². The number of halogens is 1. The van der Waals surface area contributed by atoms with E-state index in [9.17, 15) is 9.59 Å². The van der Waals surface area contributed by atoms with Crippen molar-refractivity contribution in [3.05, 3.63) is 87.7 Å². The molecule has 0 saturated heterocycles. The van der Waals surface area contributed by atoms with Crippen molar-refractivity contribution in [1.82, 2.24) is 9.55 Å².